The van der Waals surface area contributed by atoms with Gasteiger partial charge in [-0.25, -0.2) is 9.18 Å². The Labute approximate surface area is 98.0 Å². The number of methoxy groups -OCH3 is 1. The molecule has 18 heavy (non-hydrogen) atoms. The van der Waals surface area contributed by atoms with Crippen molar-refractivity contribution in [2.75, 3.05) is 7.11 Å². The third-order valence-electron chi connectivity index (χ3n) is 1.84. The average molecular weight is 269 g/mol. The van der Waals surface area contributed by atoms with Crippen LogP contribution in [0, 0.1) is 0 Å². The van der Waals surface area contributed by atoms with E-state index >= 15 is 0 Å². The quantitative estimate of drug-likeness (QED) is 0.848. The summed E-state index contributed by atoms with van der Waals surface area (Å²) in [4.78, 5) is 14.0. The highest BCUT2D eigenvalue weighted by Gasteiger charge is 2.33. The molecular weight excluding hydrogens is 262 g/mol. The lowest BCUT2D eigenvalue weighted by atomic mass is 10.1. The number of alkyl halides is 4. The van der Waals surface area contributed by atoms with Gasteiger partial charge in [-0.2, -0.15) is 4.98 Å². The lowest BCUT2D eigenvalue weighted by molar-refractivity contribution is -0.276. The monoisotopic (exact) mass is 269 g/mol. The molecular formula is C9H7F4NO4. The summed E-state index contributed by atoms with van der Waals surface area (Å²) in [6.07, 6.45) is -5.04. The minimum Gasteiger partial charge on any atom is -0.481 e. The summed E-state index contributed by atoms with van der Waals surface area (Å²) in [7, 11) is 1.02. The molecule has 0 aliphatic heterocycles. The van der Waals surface area contributed by atoms with Gasteiger partial charge >= 0.3 is 12.3 Å². The summed E-state index contributed by atoms with van der Waals surface area (Å²) in [6.45, 7) is -1.25. The SMILES string of the molecule is COc1nc(OC(F)(F)F)cc(C(=O)O)c1CF. The summed E-state index contributed by atoms with van der Waals surface area (Å²) >= 11 is 0. The van der Waals surface area contributed by atoms with Crippen LogP contribution >= 0.6 is 0 Å². The van der Waals surface area contributed by atoms with E-state index in [9.17, 15) is 22.4 Å². The largest absolute Gasteiger partial charge is 0.574 e. The molecule has 0 radical (unpaired) electrons. The molecule has 0 bridgehead atoms. The zero-order valence-corrected chi connectivity index (χ0v) is 8.92. The van der Waals surface area contributed by atoms with Gasteiger partial charge < -0.3 is 14.6 Å². The fraction of sp³-hybridized carbons (Fsp3) is 0.333. The molecule has 0 amide bonds. The number of hydrogen-bond acceptors (Lipinski definition) is 4. The van der Waals surface area contributed by atoms with E-state index in [0.717, 1.165) is 7.11 Å². The number of aromatic carboxylic acids is 1. The zero-order chi connectivity index (χ0) is 13.9. The first kappa shape index (κ1) is 14.0. The molecule has 100 valence electrons. The van der Waals surface area contributed by atoms with Crippen molar-refractivity contribution in [2.45, 2.75) is 13.0 Å². The van der Waals surface area contributed by atoms with E-state index in [4.69, 9.17) is 5.11 Å². The van der Waals surface area contributed by atoms with Crippen molar-refractivity contribution in [3.05, 3.63) is 17.2 Å². The van der Waals surface area contributed by atoms with Crippen LogP contribution in [0.2, 0.25) is 0 Å². The molecule has 0 aliphatic rings. The van der Waals surface area contributed by atoms with Crippen molar-refractivity contribution in [1.29, 1.82) is 0 Å². The van der Waals surface area contributed by atoms with Crippen molar-refractivity contribution in [3.63, 3.8) is 0 Å². The number of nitrogens with zero attached hydrogens (tertiary/aromatic N) is 1. The minimum atomic E-state index is -5.04. The highest BCUT2D eigenvalue weighted by Crippen LogP contribution is 2.29. The number of aromatic nitrogens is 1. The van der Waals surface area contributed by atoms with Crippen LogP contribution in [0.5, 0.6) is 11.8 Å². The van der Waals surface area contributed by atoms with Crippen molar-refractivity contribution in [1.82, 2.24) is 4.98 Å². The van der Waals surface area contributed by atoms with E-state index < -0.39 is 41.9 Å². The molecule has 1 rings (SSSR count). The summed E-state index contributed by atoms with van der Waals surface area (Å²) in [5.41, 5.74) is -1.16. The van der Waals surface area contributed by atoms with Crippen LogP contribution in [-0.2, 0) is 6.67 Å². The third-order valence-corrected chi connectivity index (χ3v) is 1.84. The van der Waals surface area contributed by atoms with Gasteiger partial charge in [0.05, 0.1) is 18.2 Å². The summed E-state index contributed by atoms with van der Waals surface area (Å²) < 4.78 is 56.5. The van der Waals surface area contributed by atoms with Crippen molar-refractivity contribution < 1.29 is 36.9 Å². The number of carbonyl (C=O) groups is 1. The Hall–Kier alpha value is -2.06. The van der Waals surface area contributed by atoms with E-state index in [-0.39, 0.29) is 0 Å². The molecule has 1 N–H and O–H groups in total. The first-order valence-electron chi connectivity index (χ1n) is 4.41. The molecule has 0 atom stereocenters. The van der Waals surface area contributed by atoms with Crippen LogP contribution in [0.3, 0.4) is 0 Å². The van der Waals surface area contributed by atoms with Crippen LogP contribution in [0.25, 0.3) is 0 Å². The lowest BCUT2D eigenvalue weighted by Crippen LogP contribution is -2.19. The molecule has 0 saturated heterocycles. The minimum absolute atomic E-state index is 0.459. The standard InChI is InChI=1S/C9H7F4NO4/c1-17-7-5(3-10)4(8(15)16)2-6(14-7)18-9(11,12)13/h2H,3H2,1H3,(H,15,16). The van der Waals surface area contributed by atoms with Gasteiger partial charge in [-0.1, -0.05) is 0 Å². The third kappa shape index (κ3) is 3.22. The Balaban J connectivity index is 3.32. The van der Waals surface area contributed by atoms with Crippen LogP contribution in [-0.4, -0.2) is 29.5 Å². The Bertz CT molecular complexity index is 461. The van der Waals surface area contributed by atoms with Gasteiger partial charge in [0.15, 0.2) is 0 Å². The number of pyridine rings is 1. The van der Waals surface area contributed by atoms with Crippen LogP contribution in [0.1, 0.15) is 15.9 Å². The van der Waals surface area contributed by atoms with E-state index in [1.165, 1.54) is 0 Å². The van der Waals surface area contributed by atoms with Gasteiger partial charge in [0, 0.05) is 6.07 Å². The lowest BCUT2D eigenvalue weighted by Gasteiger charge is -2.12. The van der Waals surface area contributed by atoms with Gasteiger partial charge in [0.2, 0.25) is 11.8 Å². The molecule has 1 heterocycles. The molecule has 0 aliphatic carbocycles. The second-order valence-corrected chi connectivity index (χ2v) is 2.98. The van der Waals surface area contributed by atoms with Crippen LogP contribution in [0.15, 0.2) is 6.07 Å². The van der Waals surface area contributed by atoms with Crippen molar-refractivity contribution >= 4 is 5.97 Å². The first-order chi connectivity index (χ1) is 8.28. The Morgan fingerprint density at radius 3 is 2.50 bits per heavy atom. The Morgan fingerprint density at radius 2 is 2.11 bits per heavy atom. The average Bonchev–Trinajstić information content (AvgIpc) is 2.25. The fourth-order valence-electron chi connectivity index (χ4n) is 1.19. The topological polar surface area (TPSA) is 68.7 Å². The fourth-order valence-corrected chi connectivity index (χ4v) is 1.19. The number of hydrogen-bond donors (Lipinski definition) is 1. The smallest absolute Gasteiger partial charge is 0.481 e. The highest BCUT2D eigenvalue weighted by molar-refractivity contribution is 5.90. The summed E-state index contributed by atoms with van der Waals surface area (Å²) in [6, 6.07) is 0.479. The molecule has 1 aromatic heterocycles. The molecule has 0 spiro atoms. The van der Waals surface area contributed by atoms with Gasteiger partial charge in [0.1, 0.15) is 6.67 Å². The maximum atomic E-state index is 12.6. The Kier molecular flexibility index (Phi) is 3.94. The second-order valence-electron chi connectivity index (χ2n) is 2.98. The number of carboxylic acid groups (broad SMARTS) is 1. The predicted molar refractivity (Wildman–Crippen MR) is 49.2 cm³/mol. The van der Waals surface area contributed by atoms with Crippen molar-refractivity contribution in [2.24, 2.45) is 0 Å². The van der Waals surface area contributed by atoms with E-state index in [1.807, 2.05) is 0 Å². The summed E-state index contributed by atoms with van der Waals surface area (Å²) in [5.74, 6) is -3.22. The molecule has 0 unspecified atom stereocenters. The van der Waals surface area contributed by atoms with Crippen LogP contribution in [0.4, 0.5) is 17.6 Å². The second kappa shape index (κ2) is 5.07. The Morgan fingerprint density at radius 1 is 1.50 bits per heavy atom. The summed E-state index contributed by atoms with van der Waals surface area (Å²) in [5, 5.41) is 8.75. The molecule has 5 nitrogen and oxygen atoms in total. The van der Waals surface area contributed by atoms with E-state index in [1.54, 1.807) is 0 Å². The highest BCUT2D eigenvalue weighted by atomic mass is 19.4. The van der Waals surface area contributed by atoms with Gasteiger partial charge in [-0.05, 0) is 0 Å². The maximum absolute atomic E-state index is 12.6. The van der Waals surface area contributed by atoms with Gasteiger partial charge in [-0.15, -0.1) is 13.2 Å². The number of ether oxygens (including phenoxy) is 2. The molecule has 0 aromatic carbocycles. The zero-order valence-electron chi connectivity index (χ0n) is 8.92. The van der Waals surface area contributed by atoms with Gasteiger partial charge in [-0.3, -0.25) is 0 Å². The molecule has 0 saturated carbocycles. The number of halogens is 4. The molecule has 0 fully saturated rings. The van der Waals surface area contributed by atoms with Gasteiger partial charge in [0.25, 0.3) is 0 Å². The first-order valence-corrected chi connectivity index (χ1v) is 4.41. The van der Waals surface area contributed by atoms with E-state index in [2.05, 4.69) is 14.5 Å². The van der Waals surface area contributed by atoms with Crippen molar-refractivity contribution in [3.8, 4) is 11.8 Å². The molecule has 9 heteroatoms. The van der Waals surface area contributed by atoms with E-state index in [0.29, 0.717) is 6.07 Å². The number of carboxylic acids is 1. The normalized spacial score (nSPS) is 11.2. The maximum Gasteiger partial charge on any atom is 0.574 e. The predicted octanol–water partition coefficient (Wildman–Crippen LogP) is 2.16. The van der Waals surface area contributed by atoms with Crippen LogP contribution < -0.4 is 9.47 Å². The number of rotatable bonds is 4. The molecule has 1 aromatic rings.